The van der Waals surface area contributed by atoms with Crippen LogP contribution in [-0.2, 0) is 0 Å². The van der Waals surface area contributed by atoms with Gasteiger partial charge in [-0.1, -0.05) is 79.1 Å². The minimum Gasteiger partial charge on any atom is -0.131 e. The van der Waals surface area contributed by atoms with Crippen molar-refractivity contribution in [3.63, 3.8) is 0 Å². The molecule has 0 aliphatic heterocycles. The van der Waals surface area contributed by atoms with E-state index in [1.54, 1.807) is 0 Å². The lowest BCUT2D eigenvalue weighted by atomic mass is 9.81. The molecule has 0 radical (unpaired) electrons. The molecule has 0 aromatic heterocycles. The van der Waals surface area contributed by atoms with Gasteiger partial charge in [0.25, 0.3) is 0 Å². The molecule has 2 heteroatoms. The molecule has 0 aromatic rings. The summed E-state index contributed by atoms with van der Waals surface area (Å²) in [5, 5.41) is 0.511. The Balaban J connectivity index is 0. The minimum absolute atomic E-state index is 0. The van der Waals surface area contributed by atoms with E-state index in [0.29, 0.717) is 5.16 Å². The Morgan fingerprint density at radius 2 is 1.26 bits per heavy atom. The second kappa shape index (κ2) is 13.9. The fourth-order valence-electron chi connectivity index (χ4n) is 3.07. The molecule has 0 spiro atoms. The number of hydrogen-bond acceptors (Lipinski definition) is 0. The van der Waals surface area contributed by atoms with Crippen molar-refractivity contribution in [1.82, 2.24) is 0 Å². The van der Waals surface area contributed by atoms with Crippen LogP contribution in [0.3, 0.4) is 0 Å². The summed E-state index contributed by atoms with van der Waals surface area (Å²) in [6.45, 7) is 9.36. The lowest BCUT2D eigenvalue weighted by Crippen LogP contribution is -2.29. The largest absolute Gasteiger partial charge is 0.131 e. The monoisotopic (exact) mass is 352 g/mol. The first-order valence-corrected chi connectivity index (χ1v) is 9.01. The molecule has 0 fully saturated rings. The van der Waals surface area contributed by atoms with Gasteiger partial charge in [-0.2, -0.15) is 0 Å². The third-order valence-corrected chi connectivity index (χ3v) is 6.07. The van der Waals surface area contributed by atoms with Gasteiger partial charge in [-0.3, -0.25) is 0 Å². The predicted octanol–water partition coefficient (Wildman–Crippen LogP) is 7.17. The molecule has 0 heterocycles. The van der Waals surface area contributed by atoms with E-state index in [4.69, 9.17) is 0 Å². The zero-order valence-corrected chi connectivity index (χ0v) is 16.7. The van der Waals surface area contributed by atoms with Crippen molar-refractivity contribution >= 4 is 26.2 Å². The van der Waals surface area contributed by atoms with E-state index in [1.165, 1.54) is 70.6 Å². The van der Waals surface area contributed by atoms with E-state index in [1.807, 2.05) is 0 Å². The van der Waals surface area contributed by atoms with Crippen LogP contribution in [0.5, 0.6) is 0 Å². The molecule has 2 unspecified atom stereocenters. The Bertz CT molecular complexity index is 178. The van der Waals surface area contributed by atoms with Crippen LogP contribution in [0.25, 0.3) is 0 Å². The standard InChI is InChI=1S/C17H37P.BrH/c1-5-9-10-11-12-13-14-15-16(6-2)17(18,7-3)8-4;/h16H,5-15,18H2,1-4H3;1H. The first kappa shape index (κ1) is 22.2. The maximum absolute atomic E-state index is 3.17. The summed E-state index contributed by atoms with van der Waals surface area (Å²) >= 11 is 0. The highest BCUT2D eigenvalue weighted by atomic mass is 79.9. The van der Waals surface area contributed by atoms with Gasteiger partial charge in [0, 0.05) is 0 Å². The summed E-state index contributed by atoms with van der Waals surface area (Å²) in [6, 6.07) is 0. The first-order valence-electron chi connectivity index (χ1n) is 8.43. The Hall–Kier alpha value is 0.910. The number of hydrogen-bond donors (Lipinski definition) is 0. The Morgan fingerprint density at radius 3 is 1.68 bits per heavy atom. The molecule has 0 rings (SSSR count). The minimum atomic E-state index is 0. The molecule has 0 amide bonds. The second-order valence-corrected chi connectivity index (χ2v) is 7.11. The zero-order chi connectivity index (χ0) is 13.9. The van der Waals surface area contributed by atoms with Crippen molar-refractivity contribution in [1.29, 1.82) is 0 Å². The van der Waals surface area contributed by atoms with Crippen molar-refractivity contribution in [3.8, 4) is 0 Å². The van der Waals surface area contributed by atoms with Crippen molar-refractivity contribution in [2.45, 2.75) is 103 Å². The summed E-state index contributed by atoms with van der Waals surface area (Å²) < 4.78 is 0. The number of halogens is 1. The molecule has 2 atom stereocenters. The Kier molecular flexibility index (Phi) is 16.2. The van der Waals surface area contributed by atoms with Gasteiger partial charge in [0.15, 0.2) is 0 Å². The lowest BCUT2D eigenvalue weighted by Gasteiger charge is -2.36. The van der Waals surface area contributed by atoms with Gasteiger partial charge in [-0.05, 0) is 30.3 Å². The van der Waals surface area contributed by atoms with E-state index in [2.05, 4.69) is 36.9 Å². The highest BCUT2D eigenvalue weighted by Crippen LogP contribution is 2.39. The van der Waals surface area contributed by atoms with Crippen LogP contribution in [0.4, 0.5) is 0 Å². The van der Waals surface area contributed by atoms with Crippen molar-refractivity contribution in [2.24, 2.45) is 5.92 Å². The lowest BCUT2D eigenvalue weighted by molar-refractivity contribution is 0.313. The maximum atomic E-state index is 3.17. The summed E-state index contributed by atoms with van der Waals surface area (Å²) in [5.74, 6) is 0.910. The fourth-order valence-corrected chi connectivity index (χ4v) is 3.48. The number of rotatable bonds is 12. The molecule has 0 N–H and O–H groups in total. The summed E-state index contributed by atoms with van der Waals surface area (Å²) in [5.41, 5.74) is 0. The quantitative estimate of drug-likeness (QED) is 0.258. The van der Waals surface area contributed by atoms with Gasteiger partial charge in [0.05, 0.1) is 0 Å². The van der Waals surface area contributed by atoms with E-state index >= 15 is 0 Å². The summed E-state index contributed by atoms with van der Waals surface area (Å²) in [6.07, 6.45) is 15.5. The smallest absolute Gasteiger partial charge is 0.0127 e. The molecule has 0 aliphatic rings. The van der Waals surface area contributed by atoms with Crippen molar-refractivity contribution in [2.75, 3.05) is 0 Å². The summed E-state index contributed by atoms with van der Waals surface area (Å²) in [7, 11) is 3.17. The topological polar surface area (TPSA) is 0 Å². The van der Waals surface area contributed by atoms with E-state index in [0.717, 1.165) is 5.92 Å². The van der Waals surface area contributed by atoms with Gasteiger partial charge in [-0.25, -0.2) is 0 Å². The second-order valence-electron chi connectivity index (χ2n) is 5.96. The van der Waals surface area contributed by atoms with Crippen molar-refractivity contribution < 1.29 is 0 Å². The normalized spacial score (nSPS) is 13.1. The van der Waals surface area contributed by atoms with E-state index < -0.39 is 0 Å². The van der Waals surface area contributed by atoms with Crippen LogP contribution in [0, 0.1) is 5.92 Å². The molecule has 118 valence electrons. The SMILES string of the molecule is Br.CCCCCCCCCC(CC)C(P)(CC)CC. The van der Waals surface area contributed by atoms with Gasteiger partial charge < -0.3 is 0 Å². The molecule has 0 aromatic carbocycles. The Labute approximate surface area is 135 Å². The highest BCUT2D eigenvalue weighted by Gasteiger charge is 2.28. The van der Waals surface area contributed by atoms with Gasteiger partial charge >= 0.3 is 0 Å². The summed E-state index contributed by atoms with van der Waals surface area (Å²) in [4.78, 5) is 0. The molecular weight excluding hydrogens is 315 g/mol. The molecule has 0 saturated carbocycles. The van der Waals surface area contributed by atoms with Crippen LogP contribution in [0.2, 0.25) is 0 Å². The van der Waals surface area contributed by atoms with Crippen LogP contribution >= 0.6 is 26.2 Å². The fraction of sp³-hybridized carbons (Fsp3) is 1.00. The van der Waals surface area contributed by atoms with Gasteiger partial charge in [0.1, 0.15) is 0 Å². The van der Waals surface area contributed by atoms with Crippen LogP contribution in [-0.4, -0.2) is 5.16 Å². The first-order chi connectivity index (χ1) is 8.64. The molecular formula is C17H38BrP. The average molecular weight is 353 g/mol. The molecule has 0 nitrogen and oxygen atoms in total. The average Bonchev–Trinajstić information content (AvgIpc) is 2.41. The Morgan fingerprint density at radius 1 is 0.789 bits per heavy atom. The van der Waals surface area contributed by atoms with Gasteiger partial charge in [0.2, 0.25) is 0 Å². The number of unbranched alkanes of at least 4 members (excludes halogenated alkanes) is 6. The molecule has 19 heavy (non-hydrogen) atoms. The molecule has 0 aliphatic carbocycles. The van der Waals surface area contributed by atoms with Gasteiger partial charge in [-0.15, -0.1) is 26.2 Å². The zero-order valence-electron chi connectivity index (χ0n) is 13.8. The van der Waals surface area contributed by atoms with Crippen molar-refractivity contribution in [3.05, 3.63) is 0 Å². The van der Waals surface area contributed by atoms with Crippen LogP contribution in [0.1, 0.15) is 98.3 Å². The van der Waals surface area contributed by atoms with Crippen LogP contribution in [0.15, 0.2) is 0 Å². The predicted molar refractivity (Wildman–Crippen MR) is 99.7 cm³/mol. The van der Waals surface area contributed by atoms with E-state index in [9.17, 15) is 0 Å². The molecule has 0 saturated heterocycles. The third-order valence-electron chi connectivity index (χ3n) is 4.78. The van der Waals surface area contributed by atoms with Crippen LogP contribution < -0.4 is 0 Å². The third kappa shape index (κ3) is 9.46. The molecule has 0 bridgehead atoms. The highest BCUT2D eigenvalue weighted by molar-refractivity contribution is 8.93. The maximum Gasteiger partial charge on any atom is -0.0127 e. The van der Waals surface area contributed by atoms with E-state index in [-0.39, 0.29) is 17.0 Å².